The van der Waals surface area contributed by atoms with E-state index in [2.05, 4.69) is 138 Å². The highest BCUT2D eigenvalue weighted by Gasteiger charge is 2.21. The molecule has 9 rings (SSSR count). The highest BCUT2D eigenvalue weighted by atomic mass is 15.0. The smallest absolute Gasteiger partial charge is 0.0626 e. The zero-order chi connectivity index (χ0) is 25.5. The Morgan fingerprint density at radius 1 is 0.615 bits per heavy atom. The molecule has 2 aliphatic rings. The average molecular weight is 496 g/mol. The van der Waals surface area contributed by atoms with Crippen molar-refractivity contribution in [2.45, 2.75) is 6.42 Å². The molecule has 2 aliphatic carbocycles. The first-order valence-corrected chi connectivity index (χ1v) is 13.8. The number of hydrogen-bond acceptors (Lipinski definition) is 0. The van der Waals surface area contributed by atoms with E-state index in [0.29, 0.717) is 5.92 Å². The molecule has 6 aromatic carbocycles. The summed E-state index contributed by atoms with van der Waals surface area (Å²) >= 11 is 0. The van der Waals surface area contributed by atoms with Gasteiger partial charge in [0.1, 0.15) is 0 Å². The van der Waals surface area contributed by atoms with Crippen molar-refractivity contribution in [1.82, 2.24) is 4.57 Å². The first kappa shape index (κ1) is 21.1. The lowest BCUT2D eigenvalue weighted by Gasteiger charge is -2.20. The standard InChI is InChI=1S/C38H25N/c1-3-11-28-24(9-1)17-18-26-19-21-27(23-34(26)28)39-35-16-8-7-15-33(35)37-36-29-12-4-2-10-25(29)20-22-31(36)30-13-5-6-14-32(30)38(37)39/h1-16,18-24H,17H2. The van der Waals surface area contributed by atoms with Crippen LogP contribution in [0.4, 0.5) is 0 Å². The zero-order valence-corrected chi connectivity index (χ0v) is 21.4. The second-order valence-electron chi connectivity index (χ2n) is 10.8. The van der Waals surface area contributed by atoms with Crippen molar-refractivity contribution in [3.63, 3.8) is 0 Å². The van der Waals surface area contributed by atoms with Crippen LogP contribution >= 0.6 is 0 Å². The van der Waals surface area contributed by atoms with Crippen LogP contribution in [-0.4, -0.2) is 4.57 Å². The van der Waals surface area contributed by atoms with Crippen LogP contribution in [0.1, 0.15) is 6.42 Å². The Morgan fingerprint density at radius 3 is 2.33 bits per heavy atom. The van der Waals surface area contributed by atoms with Gasteiger partial charge in [-0.2, -0.15) is 0 Å². The minimum absolute atomic E-state index is 0.465. The summed E-state index contributed by atoms with van der Waals surface area (Å²) in [7, 11) is 0. The van der Waals surface area contributed by atoms with Crippen molar-refractivity contribution in [3.8, 4) is 5.69 Å². The summed E-state index contributed by atoms with van der Waals surface area (Å²) in [5, 5.41) is 13.2. The fourth-order valence-electron chi connectivity index (χ4n) is 7.15. The third-order valence-electron chi connectivity index (χ3n) is 8.85. The number of benzene rings is 6. The third-order valence-corrected chi connectivity index (χ3v) is 8.85. The van der Waals surface area contributed by atoms with Gasteiger partial charge in [-0.15, -0.1) is 0 Å². The zero-order valence-electron chi connectivity index (χ0n) is 21.4. The van der Waals surface area contributed by atoms with E-state index >= 15 is 0 Å². The predicted molar refractivity (Wildman–Crippen MR) is 167 cm³/mol. The van der Waals surface area contributed by atoms with Crippen LogP contribution in [0.3, 0.4) is 0 Å². The number of rotatable bonds is 1. The number of aromatic nitrogens is 1. The second-order valence-corrected chi connectivity index (χ2v) is 10.8. The highest BCUT2D eigenvalue weighted by Crippen LogP contribution is 2.44. The molecule has 39 heavy (non-hydrogen) atoms. The van der Waals surface area contributed by atoms with Crippen molar-refractivity contribution in [2.24, 2.45) is 5.92 Å². The van der Waals surface area contributed by atoms with E-state index in [9.17, 15) is 0 Å². The van der Waals surface area contributed by atoms with Crippen molar-refractivity contribution >= 4 is 65.8 Å². The second kappa shape index (κ2) is 7.82. The van der Waals surface area contributed by atoms with Gasteiger partial charge in [0.2, 0.25) is 0 Å². The van der Waals surface area contributed by atoms with Gasteiger partial charge in [0.25, 0.3) is 0 Å². The number of allylic oxidation sites excluding steroid dienone is 4. The molecule has 1 heterocycles. The molecule has 0 bridgehead atoms. The molecule has 1 nitrogen and oxygen atoms in total. The van der Waals surface area contributed by atoms with Crippen LogP contribution in [0.15, 0.2) is 127 Å². The fourth-order valence-corrected chi connectivity index (χ4v) is 7.15. The molecule has 0 saturated carbocycles. The van der Waals surface area contributed by atoms with Gasteiger partial charge in [-0.05, 0) is 62.2 Å². The van der Waals surface area contributed by atoms with Gasteiger partial charge in [-0.1, -0.05) is 115 Å². The van der Waals surface area contributed by atoms with E-state index in [4.69, 9.17) is 0 Å². The minimum Gasteiger partial charge on any atom is -0.309 e. The van der Waals surface area contributed by atoms with Crippen molar-refractivity contribution in [1.29, 1.82) is 0 Å². The van der Waals surface area contributed by atoms with Crippen LogP contribution in [0.2, 0.25) is 0 Å². The van der Waals surface area contributed by atoms with E-state index < -0.39 is 0 Å². The highest BCUT2D eigenvalue weighted by molar-refractivity contribution is 6.36. The Balaban J connectivity index is 1.54. The van der Waals surface area contributed by atoms with Gasteiger partial charge >= 0.3 is 0 Å². The average Bonchev–Trinajstić information content (AvgIpc) is 3.36. The van der Waals surface area contributed by atoms with Crippen LogP contribution in [-0.2, 0) is 0 Å². The number of para-hydroxylation sites is 1. The molecule has 0 aliphatic heterocycles. The topological polar surface area (TPSA) is 4.93 Å². The SMILES string of the molecule is C1=CC2=c3cc(-n4c5ccccc5c5c6c7ccccc7ccc6c6ccccc6c54)ccc3=CCC2C=C1. The maximum atomic E-state index is 2.51. The summed E-state index contributed by atoms with van der Waals surface area (Å²) in [5.41, 5.74) is 5.18. The van der Waals surface area contributed by atoms with Crippen LogP contribution < -0.4 is 10.4 Å². The molecule has 1 unspecified atom stereocenters. The number of nitrogens with zero attached hydrogens (tertiary/aromatic N) is 1. The molecular weight excluding hydrogens is 470 g/mol. The molecule has 1 atom stereocenters. The summed E-state index contributed by atoms with van der Waals surface area (Å²) < 4.78 is 2.51. The molecule has 182 valence electrons. The Labute approximate surface area is 225 Å². The van der Waals surface area contributed by atoms with Gasteiger partial charge < -0.3 is 4.57 Å². The molecule has 0 radical (unpaired) electrons. The first-order valence-electron chi connectivity index (χ1n) is 13.8. The Morgan fingerprint density at radius 2 is 1.41 bits per heavy atom. The molecule has 0 spiro atoms. The van der Waals surface area contributed by atoms with E-state index in [1.54, 1.807) is 0 Å². The third kappa shape index (κ3) is 2.85. The first-order chi connectivity index (χ1) is 19.4. The summed E-state index contributed by atoms with van der Waals surface area (Å²) in [6, 6.07) is 38.3. The molecule has 0 fully saturated rings. The lowest BCUT2D eigenvalue weighted by Crippen LogP contribution is -2.32. The minimum atomic E-state index is 0.465. The Bertz CT molecular complexity index is 2360. The maximum Gasteiger partial charge on any atom is 0.0626 e. The molecular formula is C38H25N. The molecule has 0 amide bonds. The van der Waals surface area contributed by atoms with Crippen molar-refractivity contribution in [2.75, 3.05) is 0 Å². The number of hydrogen-bond donors (Lipinski definition) is 0. The summed E-state index contributed by atoms with van der Waals surface area (Å²) in [6.45, 7) is 0. The van der Waals surface area contributed by atoms with E-state index in [-0.39, 0.29) is 0 Å². The summed E-state index contributed by atoms with van der Waals surface area (Å²) in [4.78, 5) is 0. The van der Waals surface area contributed by atoms with Gasteiger partial charge in [-0.3, -0.25) is 0 Å². The molecule has 1 aromatic heterocycles. The molecule has 0 N–H and O–H groups in total. The van der Waals surface area contributed by atoms with Crippen LogP contribution in [0.5, 0.6) is 0 Å². The van der Waals surface area contributed by atoms with Gasteiger partial charge in [0.15, 0.2) is 0 Å². The van der Waals surface area contributed by atoms with Crippen LogP contribution in [0.25, 0.3) is 71.5 Å². The van der Waals surface area contributed by atoms with Gasteiger partial charge in [0.05, 0.1) is 11.0 Å². The molecule has 7 aromatic rings. The van der Waals surface area contributed by atoms with E-state index in [0.717, 1.165) is 6.42 Å². The Kier molecular flexibility index (Phi) is 4.23. The Hall–Kier alpha value is -4.88. The molecule has 0 saturated heterocycles. The lowest BCUT2D eigenvalue weighted by molar-refractivity contribution is 0.862. The van der Waals surface area contributed by atoms with Crippen molar-refractivity contribution in [3.05, 3.63) is 138 Å². The monoisotopic (exact) mass is 495 g/mol. The maximum absolute atomic E-state index is 2.51. The summed E-state index contributed by atoms with van der Waals surface area (Å²) in [5.74, 6) is 0.465. The van der Waals surface area contributed by atoms with Gasteiger partial charge in [0, 0.05) is 33.2 Å². The lowest BCUT2D eigenvalue weighted by atomic mass is 9.86. The van der Waals surface area contributed by atoms with E-state index in [1.807, 2.05) is 0 Å². The molecule has 1 heteroatoms. The van der Waals surface area contributed by atoms with Gasteiger partial charge in [-0.25, -0.2) is 0 Å². The summed E-state index contributed by atoms with van der Waals surface area (Å²) in [6.07, 6.45) is 12.5. The quantitative estimate of drug-likeness (QED) is 0.202. The normalized spacial score (nSPS) is 16.3. The fraction of sp³-hybridized carbons (Fsp3) is 0.0526. The van der Waals surface area contributed by atoms with E-state index in [1.165, 1.54) is 75.8 Å². The largest absolute Gasteiger partial charge is 0.309 e. The van der Waals surface area contributed by atoms with Crippen LogP contribution in [0, 0.1) is 5.92 Å². The van der Waals surface area contributed by atoms with Crippen molar-refractivity contribution < 1.29 is 0 Å². The number of fused-ring (bicyclic) bond motifs is 12. The predicted octanol–water partition coefficient (Wildman–Crippen LogP) is 8.32.